The average molecular weight is 293 g/mol. The molecule has 1 amide bonds. The Morgan fingerprint density at radius 1 is 1.14 bits per heavy atom. The molecule has 21 heavy (non-hydrogen) atoms. The summed E-state index contributed by atoms with van der Waals surface area (Å²) < 4.78 is 8.69. The summed E-state index contributed by atoms with van der Waals surface area (Å²) in [4.78, 5) is 31.8. The summed E-state index contributed by atoms with van der Waals surface area (Å²) in [6.07, 6.45) is 0.544. The molecule has 1 aliphatic heterocycles. The van der Waals surface area contributed by atoms with Crippen LogP contribution in [0.4, 0.5) is 5.69 Å². The Morgan fingerprint density at radius 3 is 2.19 bits per heavy atom. The van der Waals surface area contributed by atoms with Crippen molar-refractivity contribution in [1.82, 2.24) is 0 Å². The van der Waals surface area contributed by atoms with E-state index >= 15 is 0 Å². The summed E-state index contributed by atoms with van der Waals surface area (Å²) in [6, 6.07) is 5.92. The largest absolute Gasteiger partial charge is 0.458 e. The highest BCUT2D eigenvalue weighted by Crippen LogP contribution is 2.25. The van der Waals surface area contributed by atoms with Crippen molar-refractivity contribution in [3.8, 4) is 0 Å². The van der Waals surface area contributed by atoms with Gasteiger partial charge in [0.2, 0.25) is 5.91 Å². The number of rotatable bonds is 2. The number of anilines is 1. The van der Waals surface area contributed by atoms with Gasteiger partial charge in [-0.15, -0.1) is 0 Å². The van der Waals surface area contributed by atoms with Gasteiger partial charge in [0.05, 0.1) is 19.6 Å². The van der Waals surface area contributed by atoms with E-state index in [1.807, 2.05) is 25.1 Å². The second-order valence-electron chi connectivity index (χ2n) is 4.27. The van der Waals surface area contributed by atoms with E-state index in [0.29, 0.717) is 6.42 Å². The fraction of sp³-hybridized carbons (Fsp3) is 0.400. The van der Waals surface area contributed by atoms with Crippen molar-refractivity contribution >= 4 is 23.5 Å². The topological polar surface area (TPSA) is 81.7 Å². The maximum absolute atomic E-state index is 10.9. The molecule has 1 heterocycles. The number of amides is 1. The standard InChI is InChI=1S/C9H9NO.C6H10O4/c1-6-3-2-4-8-7(6)5-9(11)10-8;1-3-9-5(7)6(8)10-4-2/h2-4H,5H2,1H3,(H,10,11);3-4H2,1-2H3. The number of hydrogen-bond acceptors (Lipinski definition) is 5. The zero-order valence-corrected chi connectivity index (χ0v) is 12.4. The molecular weight excluding hydrogens is 274 g/mol. The predicted molar refractivity (Wildman–Crippen MR) is 76.8 cm³/mol. The third kappa shape index (κ3) is 4.91. The van der Waals surface area contributed by atoms with Crippen LogP contribution >= 0.6 is 0 Å². The van der Waals surface area contributed by atoms with Crippen molar-refractivity contribution in [2.45, 2.75) is 27.2 Å². The summed E-state index contributed by atoms with van der Waals surface area (Å²) in [5.74, 6) is -1.75. The molecule has 114 valence electrons. The van der Waals surface area contributed by atoms with Crippen LogP contribution in [0.15, 0.2) is 18.2 Å². The average Bonchev–Trinajstić information content (AvgIpc) is 2.82. The quantitative estimate of drug-likeness (QED) is 0.661. The van der Waals surface area contributed by atoms with E-state index in [-0.39, 0.29) is 19.1 Å². The van der Waals surface area contributed by atoms with Gasteiger partial charge in [-0.2, -0.15) is 0 Å². The van der Waals surface area contributed by atoms with Crippen molar-refractivity contribution in [1.29, 1.82) is 0 Å². The van der Waals surface area contributed by atoms with E-state index in [1.54, 1.807) is 13.8 Å². The summed E-state index contributed by atoms with van der Waals surface area (Å²) in [6.45, 7) is 5.66. The monoisotopic (exact) mass is 293 g/mol. The van der Waals surface area contributed by atoms with Crippen LogP contribution in [0.5, 0.6) is 0 Å². The van der Waals surface area contributed by atoms with E-state index in [0.717, 1.165) is 11.3 Å². The number of benzene rings is 1. The van der Waals surface area contributed by atoms with Crippen LogP contribution in [0.25, 0.3) is 0 Å². The molecule has 1 aliphatic rings. The summed E-state index contributed by atoms with van der Waals surface area (Å²) in [7, 11) is 0. The zero-order chi connectivity index (χ0) is 15.8. The molecule has 0 unspecified atom stereocenters. The van der Waals surface area contributed by atoms with Crippen LogP contribution in [-0.2, 0) is 30.3 Å². The third-order valence-corrected chi connectivity index (χ3v) is 2.74. The number of esters is 2. The van der Waals surface area contributed by atoms with Crippen molar-refractivity contribution in [2.75, 3.05) is 18.5 Å². The lowest BCUT2D eigenvalue weighted by molar-refractivity contribution is -0.167. The second kappa shape index (κ2) is 8.04. The molecule has 1 aromatic rings. The number of nitrogens with one attached hydrogen (secondary N) is 1. The van der Waals surface area contributed by atoms with Crippen molar-refractivity contribution in [2.24, 2.45) is 0 Å². The minimum absolute atomic E-state index is 0.106. The zero-order valence-electron chi connectivity index (χ0n) is 12.4. The van der Waals surface area contributed by atoms with E-state index in [4.69, 9.17) is 0 Å². The minimum Gasteiger partial charge on any atom is -0.458 e. The van der Waals surface area contributed by atoms with Gasteiger partial charge in [-0.1, -0.05) is 12.1 Å². The highest BCUT2D eigenvalue weighted by Gasteiger charge is 2.18. The van der Waals surface area contributed by atoms with E-state index < -0.39 is 11.9 Å². The fourth-order valence-corrected chi connectivity index (χ4v) is 1.79. The Morgan fingerprint density at radius 2 is 1.71 bits per heavy atom. The van der Waals surface area contributed by atoms with Crippen LogP contribution in [-0.4, -0.2) is 31.1 Å². The highest BCUT2D eigenvalue weighted by molar-refractivity contribution is 6.29. The number of carbonyl (C=O) groups is 3. The van der Waals surface area contributed by atoms with Gasteiger partial charge in [0.25, 0.3) is 0 Å². The maximum atomic E-state index is 10.9. The number of ether oxygens (including phenoxy) is 2. The molecule has 0 saturated carbocycles. The van der Waals surface area contributed by atoms with Gasteiger partial charge < -0.3 is 14.8 Å². The molecule has 2 rings (SSSR count). The Hall–Kier alpha value is -2.37. The summed E-state index contributed by atoms with van der Waals surface area (Å²) in [5.41, 5.74) is 3.33. The predicted octanol–water partition coefficient (Wildman–Crippen LogP) is 1.60. The number of hydrogen-bond donors (Lipinski definition) is 1. The first-order valence-corrected chi connectivity index (χ1v) is 6.71. The molecule has 6 heteroatoms. The maximum Gasteiger partial charge on any atom is 0.417 e. The lowest BCUT2D eigenvalue weighted by Gasteiger charge is -1.99. The minimum atomic E-state index is -0.927. The molecule has 0 atom stereocenters. The van der Waals surface area contributed by atoms with Crippen LogP contribution in [0.3, 0.4) is 0 Å². The van der Waals surface area contributed by atoms with Crippen LogP contribution in [0, 0.1) is 6.92 Å². The van der Waals surface area contributed by atoms with Crippen LogP contribution < -0.4 is 5.32 Å². The molecule has 1 aromatic carbocycles. The smallest absolute Gasteiger partial charge is 0.417 e. The van der Waals surface area contributed by atoms with E-state index in [9.17, 15) is 14.4 Å². The Bertz CT molecular complexity index is 523. The molecule has 0 aromatic heterocycles. The summed E-state index contributed by atoms with van der Waals surface area (Å²) >= 11 is 0. The normalized spacial score (nSPS) is 11.7. The first kappa shape index (κ1) is 16.7. The number of fused-ring (bicyclic) bond motifs is 1. The van der Waals surface area contributed by atoms with Gasteiger partial charge in [0.1, 0.15) is 0 Å². The first-order chi connectivity index (χ1) is 9.99. The van der Waals surface area contributed by atoms with Gasteiger partial charge in [-0.25, -0.2) is 9.59 Å². The highest BCUT2D eigenvalue weighted by atomic mass is 16.6. The lowest BCUT2D eigenvalue weighted by Crippen LogP contribution is -2.19. The SMILES string of the molecule is CCOC(=O)C(=O)OCC.Cc1cccc2c1CC(=O)N2. The Labute approximate surface area is 123 Å². The van der Waals surface area contributed by atoms with Crippen molar-refractivity contribution in [3.05, 3.63) is 29.3 Å². The van der Waals surface area contributed by atoms with Gasteiger partial charge >= 0.3 is 11.9 Å². The van der Waals surface area contributed by atoms with Gasteiger partial charge in [0, 0.05) is 5.69 Å². The molecule has 6 nitrogen and oxygen atoms in total. The van der Waals surface area contributed by atoms with Crippen molar-refractivity contribution in [3.63, 3.8) is 0 Å². The fourth-order valence-electron chi connectivity index (χ4n) is 1.79. The Balaban J connectivity index is 0.000000212. The van der Waals surface area contributed by atoms with Crippen LogP contribution in [0.2, 0.25) is 0 Å². The molecule has 0 aliphatic carbocycles. The summed E-state index contributed by atoms with van der Waals surface area (Å²) in [5, 5.41) is 2.80. The second-order valence-corrected chi connectivity index (χ2v) is 4.27. The first-order valence-electron chi connectivity index (χ1n) is 6.71. The number of carbonyl (C=O) groups excluding carboxylic acids is 3. The van der Waals surface area contributed by atoms with Gasteiger partial charge in [0.15, 0.2) is 0 Å². The van der Waals surface area contributed by atoms with E-state index in [1.165, 1.54) is 5.56 Å². The number of aryl methyl sites for hydroxylation is 1. The van der Waals surface area contributed by atoms with Gasteiger partial charge in [-0.3, -0.25) is 4.79 Å². The Kier molecular flexibility index (Phi) is 6.39. The lowest BCUT2D eigenvalue weighted by atomic mass is 10.1. The molecule has 1 N–H and O–H groups in total. The molecule has 0 spiro atoms. The third-order valence-electron chi connectivity index (χ3n) is 2.74. The molecular formula is C15H19NO5. The van der Waals surface area contributed by atoms with Crippen molar-refractivity contribution < 1.29 is 23.9 Å². The molecule has 0 bridgehead atoms. The molecule has 0 saturated heterocycles. The van der Waals surface area contributed by atoms with Crippen LogP contribution in [0.1, 0.15) is 25.0 Å². The van der Waals surface area contributed by atoms with E-state index in [2.05, 4.69) is 14.8 Å². The van der Waals surface area contributed by atoms with Gasteiger partial charge in [-0.05, 0) is 38.0 Å². The molecule has 0 fully saturated rings. The molecule has 0 radical (unpaired) electrons.